The summed E-state index contributed by atoms with van der Waals surface area (Å²) in [6.07, 6.45) is 3.90. The van der Waals surface area contributed by atoms with Gasteiger partial charge in [0.2, 0.25) is 5.91 Å². The summed E-state index contributed by atoms with van der Waals surface area (Å²) < 4.78 is 0. The van der Waals surface area contributed by atoms with Gasteiger partial charge in [0, 0.05) is 4.88 Å². The van der Waals surface area contributed by atoms with Gasteiger partial charge in [0.25, 0.3) is 5.91 Å². The van der Waals surface area contributed by atoms with Gasteiger partial charge in [-0.2, -0.15) is 0 Å². The van der Waals surface area contributed by atoms with E-state index in [1.165, 1.54) is 34.4 Å². The van der Waals surface area contributed by atoms with Crippen molar-refractivity contribution in [1.82, 2.24) is 9.97 Å². The minimum Gasteiger partial charge on any atom is -0.383 e. The lowest BCUT2D eigenvalue weighted by Gasteiger charge is -2.11. The highest BCUT2D eigenvalue weighted by Crippen LogP contribution is 2.38. The van der Waals surface area contributed by atoms with Crippen molar-refractivity contribution < 1.29 is 9.59 Å². The average molecular weight is 420 g/mol. The van der Waals surface area contributed by atoms with E-state index in [0.717, 1.165) is 46.3 Å². The van der Waals surface area contributed by atoms with Crippen LogP contribution in [0.15, 0.2) is 16.6 Å². The highest BCUT2D eigenvalue weighted by atomic mass is 32.2. The number of amides is 2. The quantitative estimate of drug-likeness (QED) is 0.431. The number of carbonyl (C=O) groups excluding carboxylic acids is 2. The number of nitrogens with two attached hydrogens (primary N) is 2. The van der Waals surface area contributed by atoms with Gasteiger partial charge in [-0.05, 0) is 42.7 Å². The largest absolute Gasteiger partial charge is 0.383 e. The van der Waals surface area contributed by atoms with Crippen molar-refractivity contribution in [2.75, 3.05) is 16.8 Å². The summed E-state index contributed by atoms with van der Waals surface area (Å²) in [6.45, 7) is 0. The third-order valence-corrected chi connectivity index (χ3v) is 7.20. The normalized spacial score (nSPS) is 13.5. The van der Waals surface area contributed by atoms with E-state index in [1.807, 2.05) is 11.4 Å². The molecule has 0 saturated heterocycles. The van der Waals surface area contributed by atoms with Crippen LogP contribution < -0.4 is 16.8 Å². The predicted molar refractivity (Wildman–Crippen MR) is 111 cm³/mol. The molecule has 1 aliphatic rings. The molecule has 0 aliphatic heterocycles. The van der Waals surface area contributed by atoms with Crippen LogP contribution in [0.5, 0.6) is 0 Å². The van der Waals surface area contributed by atoms with Gasteiger partial charge in [0.1, 0.15) is 15.6 Å². The molecule has 7 nitrogen and oxygen atoms in total. The van der Waals surface area contributed by atoms with Crippen LogP contribution in [0, 0.1) is 0 Å². The van der Waals surface area contributed by atoms with E-state index in [9.17, 15) is 9.59 Å². The second-order valence-corrected chi connectivity index (χ2v) is 9.09. The summed E-state index contributed by atoms with van der Waals surface area (Å²) in [4.78, 5) is 34.9. The van der Waals surface area contributed by atoms with E-state index >= 15 is 0 Å². The van der Waals surface area contributed by atoms with Crippen LogP contribution in [0.4, 0.5) is 10.8 Å². The lowest BCUT2D eigenvalue weighted by Crippen LogP contribution is -2.19. The number of aryl methyl sites for hydroxylation is 1. The molecule has 3 heterocycles. The number of rotatable bonds is 5. The maximum absolute atomic E-state index is 12.4. The fraction of sp³-hybridized carbons (Fsp3) is 0.294. The Morgan fingerprint density at radius 2 is 2.07 bits per heavy atom. The van der Waals surface area contributed by atoms with Gasteiger partial charge in [-0.1, -0.05) is 11.8 Å². The second-order valence-electron chi connectivity index (χ2n) is 6.15. The van der Waals surface area contributed by atoms with Crippen molar-refractivity contribution >= 4 is 67.3 Å². The van der Waals surface area contributed by atoms with E-state index in [0.29, 0.717) is 21.5 Å². The van der Waals surface area contributed by atoms with Crippen LogP contribution in [0.1, 0.15) is 33.6 Å². The molecule has 0 fully saturated rings. The Hall–Kier alpha value is -2.17. The molecule has 0 atom stereocenters. The predicted octanol–water partition coefficient (Wildman–Crippen LogP) is 3.04. The topological polar surface area (TPSA) is 124 Å². The number of hydrogen-bond acceptors (Lipinski definition) is 8. The van der Waals surface area contributed by atoms with Crippen LogP contribution in [0.2, 0.25) is 0 Å². The fourth-order valence-electron chi connectivity index (χ4n) is 3.13. The summed E-state index contributed by atoms with van der Waals surface area (Å²) in [5.41, 5.74) is 13.0. The molecule has 0 spiro atoms. The van der Waals surface area contributed by atoms with Crippen molar-refractivity contribution in [2.45, 2.75) is 30.8 Å². The van der Waals surface area contributed by atoms with E-state index in [2.05, 4.69) is 15.3 Å². The molecule has 10 heteroatoms. The number of nitrogens with one attached hydrogen (secondary N) is 1. The zero-order valence-corrected chi connectivity index (χ0v) is 16.7. The van der Waals surface area contributed by atoms with E-state index in [4.69, 9.17) is 11.5 Å². The smallest absolute Gasteiger partial charge is 0.251 e. The van der Waals surface area contributed by atoms with Crippen molar-refractivity contribution in [2.24, 2.45) is 5.73 Å². The molecular weight excluding hydrogens is 402 g/mol. The van der Waals surface area contributed by atoms with Gasteiger partial charge in [-0.3, -0.25) is 9.59 Å². The fourth-order valence-corrected chi connectivity index (χ4v) is 5.92. The van der Waals surface area contributed by atoms with Gasteiger partial charge >= 0.3 is 0 Å². The first kappa shape index (κ1) is 18.2. The monoisotopic (exact) mass is 419 g/mol. The Labute approximate surface area is 167 Å². The van der Waals surface area contributed by atoms with Gasteiger partial charge in [0.05, 0.1) is 16.7 Å². The van der Waals surface area contributed by atoms with E-state index in [1.54, 1.807) is 0 Å². The molecule has 0 unspecified atom stereocenters. The Balaban J connectivity index is 1.48. The van der Waals surface area contributed by atoms with Crippen LogP contribution in [0.3, 0.4) is 0 Å². The minimum atomic E-state index is -0.489. The molecule has 0 aromatic carbocycles. The summed E-state index contributed by atoms with van der Waals surface area (Å²) >= 11 is 4.14. The van der Waals surface area contributed by atoms with Gasteiger partial charge < -0.3 is 16.8 Å². The van der Waals surface area contributed by atoms with E-state index in [-0.39, 0.29) is 11.7 Å². The molecule has 3 aromatic rings. The molecule has 3 aromatic heterocycles. The van der Waals surface area contributed by atoms with E-state index < -0.39 is 5.91 Å². The van der Waals surface area contributed by atoms with Gasteiger partial charge in [0.15, 0.2) is 5.16 Å². The lowest BCUT2D eigenvalue weighted by atomic mass is 9.95. The van der Waals surface area contributed by atoms with Crippen LogP contribution in [0.25, 0.3) is 10.2 Å². The Morgan fingerprint density at radius 3 is 2.89 bits per heavy atom. The zero-order valence-electron chi connectivity index (χ0n) is 14.3. The number of anilines is 2. The molecule has 0 saturated carbocycles. The summed E-state index contributed by atoms with van der Waals surface area (Å²) in [5.74, 6) is -0.186. The number of hydrogen-bond donors (Lipinski definition) is 3. The maximum atomic E-state index is 12.4. The number of fused-ring (bicyclic) bond motifs is 2. The third kappa shape index (κ3) is 3.64. The Morgan fingerprint density at radius 1 is 1.26 bits per heavy atom. The molecule has 0 radical (unpaired) electrons. The number of primary amides is 1. The number of carbonyl (C=O) groups is 2. The molecule has 4 rings (SSSR count). The summed E-state index contributed by atoms with van der Waals surface area (Å²) in [5, 5.41) is 6.57. The van der Waals surface area contributed by atoms with Crippen LogP contribution >= 0.6 is 34.4 Å². The second kappa shape index (κ2) is 7.45. The highest BCUT2D eigenvalue weighted by Gasteiger charge is 2.25. The SMILES string of the molecule is NC(=O)c1c(NC(=O)CSc2nc(N)c3ccsc3n2)sc2c1CCCC2. The standard InChI is InChI=1S/C17H17N5O2S3/c18-13-9-5-6-25-15(9)22-17(21-13)26-7-11(23)20-16-12(14(19)24)8-3-1-2-4-10(8)27-16/h5-6H,1-4,7H2,(H2,19,24)(H,20,23)(H2,18,21,22). The maximum Gasteiger partial charge on any atom is 0.251 e. The van der Waals surface area contributed by atoms with Crippen molar-refractivity contribution in [3.8, 4) is 0 Å². The number of aromatic nitrogens is 2. The molecular formula is C17H17N5O2S3. The number of thioether (sulfide) groups is 1. The lowest BCUT2D eigenvalue weighted by molar-refractivity contribution is -0.113. The van der Waals surface area contributed by atoms with Crippen LogP contribution in [-0.2, 0) is 17.6 Å². The number of thiophene rings is 2. The molecule has 2 amide bonds. The summed E-state index contributed by atoms with van der Waals surface area (Å²) in [6, 6.07) is 1.88. The molecule has 27 heavy (non-hydrogen) atoms. The minimum absolute atomic E-state index is 0.122. The summed E-state index contributed by atoms with van der Waals surface area (Å²) in [7, 11) is 0. The van der Waals surface area contributed by atoms with Gasteiger partial charge in [-0.25, -0.2) is 9.97 Å². The van der Waals surface area contributed by atoms with Gasteiger partial charge in [-0.15, -0.1) is 22.7 Å². The van der Waals surface area contributed by atoms with Crippen molar-refractivity contribution in [1.29, 1.82) is 0 Å². The van der Waals surface area contributed by atoms with Crippen molar-refractivity contribution in [3.05, 3.63) is 27.5 Å². The van der Waals surface area contributed by atoms with Crippen LogP contribution in [-0.4, -0.2) is 27.5 Å². The molecule has 5 N–H and O–H groups in total. The first-order chi connectivity index (χ1) is 13.0. The Kier molecular flexibility index (Phi) is 5.02. The third-order valence-electron chi connectivity index (χ3n) is 4.34. The number of nitrogen functional groups attached to an aromatic ring is 1. The average Bonchev–Trinajstić information content (AvgIpc) is 3.24. The molecule has 1 aliphatic carbocycles. The number of nitrogens with zero attached hydrogens (tertiary/aromatic N) is 2. The molecule has 140 valence electrons. The first-order valence-corrected chi connectivity index (χ1v) is 11.1. The first-order valence-electron chi connectivity index (χ1n) is 8.40. The molecule has 0 bridgehead atoms. The highest BCUT2D eigenvalue weighted by molar-refractivity contribution is 7.99. The zero-order chi connectivity index (χ0) is 19.0. The van der Waals surface area contributed by atoms with Crippen molar-refractivity contribution in [3.63, 3.8) is 0 Å². The Bertz CT molecular complexity index is 1040.